The quantitative estimate of drug-likeness (QED) is 0.437. The zero-order valence-electron chi connectivity index (χ0n) is 13.3. The standard InChI is InChI=1S/C21H18Cl2O/c22-19-11-5-3-7-15(19)13-17-9-1-2-10-18(21(17)24)14-16-8-4-6-12-20(16)23/h3-8,11-14H,1-2,9-10H2/b17-13-,18-14+. The molecule has 0 aromatic heterocycles. The first-order chi connectivity index (χ1) is 11.6. The van der Waals surface area contributed by atoms with Crippen molar-refractivity contribution in [1.82, 2.24) is 0 Å². The van der Waals surface area contributed by atoms with Crippen LogP contribution in [0, 0.1) is 0 Å². The van der Waals surface area contributed by atoms with E-state index in [1.54, 1.807) is 0 Å². The number of ketones is 1. The van der Waals surface area contributed by atoms with Crippen molar-refractivity contribution in [1.29, 1.82) is 0 Å². The van der Waals surface area contributed by atoms with Crippen LogP contribution in [-0.2, 0) is 4.79 Å². The number of allylic oxidation sites excluding steroid dienone is 2. The van der Waals surface area contributed by atoms with Crippen LogP contribution in [0.5, 0.6) is 0 Å². The Labute approximate surface area is 152 Å². The molecule has 0 unspecified atom stereocenters. The van der Waals surface area contributed by atoms with Gasteiger partial charge in [0.05, 0.1) is 0 Å². The summed E-state index contributed by atoms with van der Waals surface area (Å²) in [4.78, 5) is 13.0. The summed E-state index contributed by atoms with van der Waals surface area (Å²) in [5.74, 6) is 0.104. The smallest absolute Gasteiger partial charge is 0.185 e. The number of hydrogen-bond donors (Lipinski definition) is 0. The number of rotatable bonds is 2. The maximum atomic E-state index is 13.0. The first-order valence-corrected chi connectivity index (χ1v) is 8.85. The van der Waals surface area contributed by atoms with Crippen LogP contribution in [0.2, 0.25) is 10.0 Å². The monoisotopic (exact) mass is 356 g/mol. The van der Waals surface area contributed by atoms with Gasteiger partial charge >= 0.3 is 0 Å². The Hall–Kier alpha value is -1.83. The van der Waals surface area contributed by atoms with Crippen LogP contribution in [0.3, 0.4) is 0 Å². The van der Waals surface area contributed by atoms with E-state index in [1.807, 2.05) is 60.7 Å². The van der Waals surface area contributed by atoms with Gasteiger partial charge in [-0.25, -0.2) is 0 Å². The summed E-state index contributed by atoms with van der Waals surface area (Å²) in [6.45, 7) is 0. The summed E-state index contributed by atoms with van der Waals surface area (Å²) in [5.41, 5.74) is 3.42. The van der Waals surface area contributed by atoms with Crippen LogP contribution in [0.25, 0.3) is 12.2 Å². The van der Waals surface area contributed by atoms with Crippen LogP contribution in [0.1, 0.15) is 36.8 Å². The third-order valence-electron chi connectivity index (χ3n) is 4.20. The highest BCUT2D eigenvalue weighted by atomic mass is 35.5. The van der Waals surface area contributed by atoms with Crippen LogP contribution in [-0.4, -0.2) is 5.78 Å². The lowest BCUT2D eigenvalue weighted by Gasteiger charge is -2.07. The van der Waals surface area contributed by atoms with Gasteiger partial charge < -0.3 is 0 Å². The van der Waals surface area contributed by atoms with Crippen molar-refractivity contribution >= 4 is 41.1 Å². The molecule has 0 amide bonds. The Balaban J connectivity index is 1.97. The van der Waals surface area contributed by atoms with Gasteiger partial charge in [-0.05, 0) is 61.1 Å². The van der Waals surface area contributed by atoms with Crippen LogP contribution < -0.4 is 0 Å². The normalized spacial score (nSPS) is 18.8. The molecule has 0 saturated heterocycles. The molecule has 0 N–H and O–H groups in total. The molecule has 1 fully saturated rings. The number of carbonyl (C=O) groups excluding carboxylic acids is 1. The Kier molecular flexibility index (Phi) is 5.55. The summed E-state index contributed by atoms with van der Waals surface area (Å²) in [5, 5.41) is 1.33. The van der Waals surface area contributed by atoms with Gasteiger partial charge in [-0.3, -0.25) is 4.79 Å². The number of benzene rings is 2. The molecule has 2 aromatic carbocycles. The van der Waals surface area contributed by atoms with Gasteiger partial charge in [-0.1, -0.05) is 59.6 Å². The summed E-state index contributed by atoms with van der Waals surface area (Å²) in [7, 11) is 0. The van der Waals surface area contributed by atoms with E-state index < -0.39 is 0 Å². The van der Waals surface area contributed by atoms with Gasteiger partial charge in [-0.2, -0.15) is 0 Å². The van der Waals surface area contributed by atoms with E-state index in [0.717, 1.165) is 48.0 Å². The number of halogens is 2. The Morgan fingerprint density at radius 2 is 1.12 bits per heavy atom. The molecule has 24 heavy (non-hydrogen) atoms. The minimum atomic E-state index is 0.104. The first-order valence-electron chi connectivity index (χ1n) is 8.10. The molecular formula is C21H18Cl2O. The molecule has 3 rings (SSSR count). The molecule has 0 heterocycles. The van der Waals surface area contributed by atoms with E-state index >= 15 is 0 Å². The predicted molar refractivity (Wildman–Crippen MR) is 102 cm³/mol. The fourth-order valence-electron chi connectivity index (χ4n) is 2.90. The minimum absolute atomic E-state index is 0.104. The molecule has 122 valence electrons. The molecule has 0 aliphatic heterocycles. The lowest BCUT2D eigenvalue weighted by Crippen LogP contribution is -2.04. The molecule has 2 aromatic rings. The second-order valence-electron chi connectivity index (χ2n) is 5.92. The lowest BCUT2D eigenvalue weighted by molar-refractivity contribution is -0.112. The average molecular weight is 357 g/mol. The number of hydrogen-bond acceptors (Lipinski definition) is 1. The van der Waals surface area contributed by atoms with Gasteiger partial charge in [-0.15, -0.1) is 0 Å². The molecule has 1 nitrogen and oxygen atoms in total. The second kappa shape index (κ2) is 7.83. The predicted octanol–water partition coefficient (Wildman–Crippen LogP) is 6.60. The van der Waals surface area contributed by atoms with E-state index in [1.165, 1.54) is 0 Å². The zero-order chi connectivity index (χ0) is 16.9. The van der Waals surface area contributed by atoms with Gasteiger partial charge in [0.2, 0.25) is 0 Å². The molecule has 0 atom stereocenters. The van der Waals surface area contributed by atoms with Gasteiger partial charge in [0.1, 0.15) is 0 Å². The largest absolute Gasteiger partial charge is 0.289 e. The minimum Gasteiger partial charge on any atom is -0.289 e. The fourth-order valence-corrected chi connectivity index (χ4v) is 3.28. The SMILES string of the molecule is O=C1/C(=C\c2ccccc2Cl)CCCC/C1=C\c1ccccc1Cl. The highest BCUT2D eigenvalue weighted by Crippen LogP contribution is 2.29. The molecular weight excluding hydrogens is 339 g/mol. The van der Waals surface area contributed by atoms with Crippen LogP contribution in [0.4, 0.5) is 0 Å². The van der Waals surface area contributed by atoms with Crippen molar-refractivity contribution in [2.75, 3.05) is 0 Å². The van der Waals surface area contributed by atoms with Crippen molar-refractivity contribution < 1.29 is 4.79 Å². The van der Waals surface area contributed by atoms with Crippen LogP contribution >= 0.6 is 23.2 Å². The highest BCUT2D eigenvalue weighted by molar-refractivity contribution is 6.32. The van der Waals surface area contributed by atoms with E-state index in [2.05, 4.69) is 0 Å². The average Bonchev–Trinajstić information content (AvgIpc) is 2.75. The van der Waals surface area contributed by atoms with Crippen molar-refractivity contribution in [3.05, 3.63) is 80.8 Å². The molecule has 0 radical (unpaired) electrons. The van der Waals surface area contributed by atoms with Gasteiger partial charge in [0, 0.05) is 21.2 Å². The van der Waals surface area contributed by atoms with Crippen LogP contribution in [0.15, 0.2) is 59.7 Å². The molecule has 1 aliphatic carbocycles. The molecule has 3 heteroatoms. The van der Waals surface area contributed by atoms with Crippen molar-refractivity contribution in [2.45, 2.75) is 25.7 Å². The summed E-state index contributed by atoms with van der Waals surface area (Å²) >= 11 is 12.5. The Morgan fingerprint density at radius 1 is 0.708 bits per heavy atom. The highest BCUT2D eigenvalue weighted by Gasteiger charge is 2.19. The summed E-state index contributed by atoms with van der Waals surface area (Å²) < 4.78 is 0. The first kappa shape index (κ1) is 17.0. The second-order valence-corrected chi connectivity index (χ2v) is 6.73. The van der Waals surface area contributed by atoms with E-state index in [9.17, 15) is 4.79 Å². The van der Waals surface area contributed by atoms with Gasteiger partial charge in [0.25, 0.3) is 0 Å². The van der Waals surface area contributed by atoms with Gasteiger partial charge in [0.15, 0.2) is 5.78 Å². The van der Waals surface area contributed by atoms with E-state index in [-0.39, 0.29) is 5.78 Å². The molecule has 0 spiro atoms. The Morgan fingerprint density at radius 3 is 1.54 bits per heavy atom. The fraction of sp³-hybridized carbons (Fsp3) is 0.190. The topological polar surface area (TPSA) is 17.1 Å². The zero-order valence-corrected chi connectivity index (χ0v) is 14.8. The maximum Gasteiger partial charge on any atom is 0.185 e. The summed E-state index contributed by atoms with van der Waals surface area (Å²) in [6.07, 6.45) is 7.42. The lowest BCUT2D eigenvalue weighted by atomic mass is 9.98. The third-order valence-corrected chi connectivity index (χ3v) is 4.88. The molecule has 1 aliphatic rings. The van der Waals surface area contributed by atoms with E-state index in [0.29, 0.717) is 10.0 Å². The number of Topliss-reactive ketones (excluding diaryl/α,β-unsaturated/α-hetero) is 1. The maximum absolute atomic E-state index is 13.0. The molecule has 0 bridgehead atoms. The Bertz CT molecular complexity index is 751. The van der Waals surface area contributed by atoms with Crippen molar-refractivity contribution in [3.63, 3.8) is 0 Å². The summed E-state index contributed by atoms with van der Waals surface area (Å²) in [6, 6.07) is 15.2. The van der Waals surface area contributed by atoms with Crippen molar-refractivity contribution in [3.8, 4) is 0 Å². The molecule has 1 saturated carbocycles. The third kappa shape index (κ3) is 3.98. The number of carbonyl (C=O) groups is 1. The van der Waals surface area contributed by atoms with E-state index in [4.69, 9.17) is 23.2 Å². The van der Waals surface area contributed by atoms with Crippen molar-refractivity contribution in [2.24, 2.45) is 0 Å².